The number of hydrogen-bond acceptors (Lipinski definition) is 2. The molecule has 2 heterocycles. The highest BCUT2D eigenvalue weighted by molar-refractivity contribution is 5.71. The molecule has 0 saturated carbocycles. The van der Waals surface area contributed by atoms with Crippen LogP contribution in [0.15, 0.2) is 61.1 Å². The van der Waals surface area contributed by atoms with Crippen LogP contribution in [0.5, 0.6) is 0 Å². The number of nitrogens with zero attached hydrogens (tertiary/aromatic N) is 2. The van der Waals surface area contributed by atoms with Crippen molar-refractivity contribution in [3.05, 3.63) is 66.6 Å². The quantitative estimate of drug-likeness (QED) is 0.794. The molecule has 0 atom stereocenters. The van der Waals surface area contributed by atoms with E-state index in [1.165, 1.54) is 0 Å². The summed E-state index contributed by atoms with van der Waals surface area (Å²) in [5, 5.41) is 8.59. The van der Waals surface area contributed by atoms with Gasteiger partial charge in [-0.15, -0.1) is 0 Å². The number of fused-ring (bicyclic) bond motifs is 1. The molecule has 4 heteroatoms. The van der Waals surface area contributed by atoms with Gasteiger partial charge in [0.15, 0.2) is 0 Å². The summed E-state index contributed by atoms with van der Waals surface area (Å²) in [6.07, 6.45) is 9.24. The molecule has 0 aliphatic heterocycles. The molecule has 1 aromatic carbocycles. The summed E-state index contributed by atoms with van der Waals surface area (Å²) >= 11 is 0. The lowest BCUT2D eigenvalue weighted by atomic mass is 10.1. The van der Waals surface area contributed by atoms with E-state index < -0.39 is 5.97 Å². The van der Waals surface area contributed by atoms with Crippen LogP contribution in [0.2, 0.25) is 0 Å². The van der Waals surface area contributed by atoms with Gasteiger partial charge >= 0.3 is 5.97 Å². The van der Waals surface area contributed by atoms with Gasteiger partial charge in [0.2, 0.25) is 0 Å². The molecule has 0 aliphatic rings. The number of rotatable bonds is 4. The molecule has 3 rings (SSSR count). The summed E-state index contributed by atoms with van der Waals surface area (Å²) in [5.41, 5.74) is 4.14. The van der Waals surface area contributed by atoms with Crippen LogP contribution in [0.1, 0.15) is 12.0 Å². The van der Waals surface area contributed by atoms with Gasteiger partial charge in [-0.2, -0.15) is 0 Å². The van der Waals surface area contributed by atoms with Crippen molar-refractivity contribution < 1.29 is 9.90 Å². The number of carbonyl (C=O) groups is 1. The van der Waals surface area contributed by atoms with Crippen LogP contribution in [0.25, 0.3) is 22.9 Å². The highest BCUT2D eigenvalue weighted by Gasteiger charge is 2.00. The topological polar surface area (TPSA) is 54.6 Å². The minimum absolute atomic E-state index is 0.0407. The molecule has 0 bridgehead atoms. The first-order valence-electron chi connectivity index (χ1n) is 6.64. The third kappa shape index (κ3) is 3.00. The van der Waals surface area contributed by atoms with Gasteiger partial charge in [-0.3, -0.25) is 4.79 Å². The second-order valence-corrected chi connectivity index (χ2v) is 4.73. The SMILES string of the molecule is O=C(O)C/C=C/c1ccc(-c2ccc3nccn3c2)cc1. The number of benzene rings is 1. The predicted octanol–water partition coefficient (Wildman–Crippen LogP) is 3.49. The minimum Gasteiger partial charge on any atom is -0.481 e. The Morgan fingerprint density at radius 3 is 2.67 bits per heavy atom. The smallest absolute Gasteiger partial charge is 0.307 e. The van der Waals surface area contributed by atoms with E-state index >= 15 is 0 Å². The van der Waals surface area contributed by atoms with Gasteiger partial charge in [0.1, 0.15) is 5.65 Å². The standard InChI is InChI=1S/C17H14N2O2/c20-17(21)3-1-2-13-4-6-14(7-5-13)15-8-9-16-18-10-11-19(16)12-15/h1-2,4-12H,3H2,(H,20,21)/b2-1+. The highest BCUT2D eigenvalue weighted by Crippen LogP contribution is 2.20. The summed E-state index contributed by atoms with van der Waals surface area (Å²) in [4.78, 5) is 14.7. The fourth-order valence-corrected chi connectivity index (χ4v) is 2.17. The number of aliphatic carboxylic acids is 1. The van der Waals surface area contributed by atoms with Gasteiger partial charge < -0.3 is 9.51 Å². The van der Waals surface area contributed by atoms with Crippen molar-refractivity contribution in [3.8, 4) is 11.1 Å². The van der Waals surface area contributed by atoms with E-state index in [1.807, 2.05) is 59.3 Å². The van der Waals surface area contributed by atoms with Crippen LogP contribution >= 0.6 is 0 Å². The Bertz CT molecular complexity index is 801. The summed E-state index contributed by atoms with van der Waals surface area (Å²) in [7, 11) is 0. The molecule has 0 saturated heterocycles. The van der Waals surface area contributed by atoms with Crippen LogP contribution in [0.3, 0.4) is 0 Å². The maximum atomic E-state index is 10.5. The maximum Gasteiger partial charge on any atom is 0.307 e. The molecule has 0 unspecified atom stereocenters. The van der Waals surface area contributed by atoms with Gasteiger partial charge in [0, 0.05) is 18.6 Å². The van der Waals surface area contributed by atoms with Crippen molar-refractivity contribution in [3.63, 3.8) is 0 Å². The lowest BCUT2D eigenvalue weighted by molar-refractivity contribution is -0.135. The van der Waals surface area contributed by atoms with Crippen molar-refractivity contribution in [1.29, 1.82) is 0 Å². The first kappa shape index (κ1) is 13.1. The summed E-state index contributed by atoms with van der Waals surface area (Å²) in [6.45, 7) is 0. The van der Waals surface area contributed by atoms with Crippen molar-refractivity contribution in [2.75, 3.05) is 0 Å². The Morgan fingerprint density at radius 2 is 1.90 bits per heavy atom. The first-order valence-corrected chi connectivity index (χ1v) is 6.64. The van der Waals surface area contributed by atoms with Gasteiger partial charge in [-0.1, -0.05) is 36.4 Å². The molecule has 0 spiro atoms. The lowest BCUT2D eigenvalue weighted by Crippen LogP contribution is -1.89. The summed E-state index contributed by atoms with van der Waals surface area (Å²) in [6, 6.07) is 12.0. The number of carboxylic acids is 1. The number of carboxylic acid groups (broad SMARTS) is 1. The largest absolute Gasteiger partial charge is 0.481 e. The Kier molecular flexibility index (Phi) is 3.51. The monoisotopic (exact) mass is 278 g/mol. The second kappa shape index (κ2) is 5.63. The third-order valence-electron chi connectivity index (χ3n) is 3.24. The average Bonchev–Trinajstić information content (AvgIpc) is 2.95. The molecule has 104 valence electrons. The summed E-state index contributed by atoms with van der Waals surface area (Å²) in [5.74, 6) is -0.823. The van der Waals surface area contributed by atoms with Gasteiger partial charge in [0.05, 0.1) is 6.42 Å². The fraction of sp³-hybridized carbons (Fsp3) is 0.0588. The fourth-order valence-electron chi connectivity index (χ4n) is 2.17. The Hall–Kier alpha value is -2.88. The number of pyridine rings is 1. The van der Waals surface area contributed by atoms with Gasteiger partial charge in [-0.05, 0) is 28.8 Å². The van der Waals surface area contributed by atoms with Crippen LogP contribution in [-0.4, -0.2) is 20.5 Å². The minimum atomic E-state index is -0.823. The summed E-state index contributed by atoms with van der Waals surface area (Å²) < 4.78 is 1.98. The molecular formula is C17H14N2O2. The molecular weight excluding hydrogens is 264 g/mol. The molecule has 21 heavy (non-hydrogen) atoms. The molecule has 0 amide bonds. The zero-order chi connectivity index (χ0) is 14.7. The zero-order valence-corrected chi connectivity index (χ0v) is 11.3. The maximum absolute atomic E-state index is 10.5. The molecule has 2 aromatic heterocycles. The van der Waals surface area contributed by atoms with Crippen LogP contribution in [-0.2, 0) is 4.79 Å². The average molecular weight is 278 g/mol. The number of imidazole rings is 1. The molecule has 4 nitrogen and oxygen atoms in total. The van der Waals surface area contributed by atoms with Gasteiger partial charge in [0.25, 0.3) is 0 Å². The van der Waals surface area contributed by atoms with E-state index in [0.717, 1.165) is 22.3 Å². The molecule has 0 radical (unpaired) electrons. The highest BCUT2D eigenvalue weighted by atomic mass is 16.4. The first-order chi connectivity index (χ1) is 10.2. The third-order valence-corrected chi connectivity index (χ3v) is 3.24. The lowest BCUT2D eigenvalue weighted by Gasteiger charge is -2.03. The van der Waals surface area contributed by atoms with E-state index in [1.54, 1.807) is 12.3 Å². The zero-order valence-electron chi connectivity index (χ0n) is 11.3. The number of hydrogen-bond donors (Lipinski definition) is 1. The predicted molar refractivity (Wildman–Crippen MR) is 81.9 cm³/mol. The van der Waals surface area contributed by atoms with E-state index in [-0.39, 0.29) is 6.42 Å². The van der Waals surface area contributed by atoms with E-state index in [2.05, 4.69) is 4.98 Å². The van der Waals surface area contributed by atoms with E-state index in [9.17, 15) is 4.79 Å². The second-order valence-electron chi connectivity index (χ2n) is 4.73. The molecule has 3 aromatic rings. The van der Waals surface area contributed by atoms with Crippen LogP contribution in [0, 0.1) is 0 Å². The molecule has 0 aliphatic carbocycles. The normalized spacial score (nSPS) is 11.2. The molecule has 1 N–H and O–H groups in total. The van der Waals surface area contributed by atoms with Crippen molar-refractivity contribution in [2.24, 2.45) is 0 Å². The number of aromatic nitrogens is 2. The van der Waals surface area contributed by atoms with E-state index in [0.29, 0.717) is 0 Å². The Morgan fingerprint density at radius 1 is 1.14 bits per heavy atom. The van der Waals surface area contributed by atoms with Gasteiger partial charge in [-0.25, -0.2) is 4.98 Å². The van der Waals surface area contributed by atoms with E-state index in [4.69, 9.17) is 5.11 Å². The molecule has 0 fully saturated rings. The Balaban J connectivity index is 1.82. The Labute approximate surface area is 122 Å². The van der Waals surface area contributed by atoms with Crippen LogP contribution in [0.4, 0.5) is 0 Å². The van der Waals surface area contributed by atoms with Crippen molar-refractivity contribution in [1.82, 2.24) is 9.38 Å². The van der Waals surface area contributed by atoms with Crippen molar-refractivity contribution >= 4 is 17.7 Å². The van der Waals surface area contributed by atoms with Crippen molar-refractivity contribution in [2.45, 2.75) is 6.42 Å². The van der Waals surface area contributed by atoms with Crippen LogP contribution < -0.4 is 0 Å².